The van der Waals surface area contributed by atoms with E-state index in [-0.39, 0.29) is 181 Å². The average Bonchev–Trinajstić information content (AvgIpc) is 3.49. The molecule has 2 aromatic rings. The Morgan fingerprint density at radius 2 is 1.17 bits per heavy atom. The van der Waals surface area contributed by atoms with E-state index in [1.165, 1.54) is 40.1 Å². The van der Waals surface area contributed by atoms with Crippen LogP contribution < -0.4 is 22.5 Å². The van der Waals surface area contributed by atoms with Gasteiger partial charge in [0.1, 0.15) is 0 Å². The van der Waals surface area contributed by atoms with E-state index in [0.717, 1.165) is 22.7 Å². The topological polar surface area (TPSA) is 328 Å². The van der Waals surface area contributed by atoms with Crippen molar-refractivity contribution in [1.29, 1.82) is 0 Å². The first kappa shape index (κ1) is 56.1. The number of H-pyrrole nitrogens is 2. The SMILES string of the molecule is CCN1C(=O)C=C(c2cn(CCO)c(=O)[nH]c2=O)C1=O.CCN1C(=O)C=CC1=O.CO.O.O.O=c1ccn(CCO)c(=O)[nH]1.[Ac].[Ac].[OH][Hg]. The second kappa shape index (κ2) is 30.5. The molecule has 259 valence electrons. The van der Waals surface area contributed by atoms with Gasteiger partial charge in [-0.2, -0.15) is 0 Å². The number of carbonyl (C=O) groups is 4. The normalized spacial score (nSPS) is 12.1. The first-order valence-corrected chi connectivity index (χ1v) is 15.2. The van der Waals surface area contributed by atoms with Gasteiger partial charge >= 0.3 is 41.0 Å². The Morgan fingerprint density at radius 3 is 1.56 bits per heavy atom. The summed E-state index contributed by atoms with van der Waals surface area (Å²) in [6.45, 7) is 3.85. The molecule has 48 heavy (non-hydrogen) atoms. The maximum absolute atomic E-state index is 12.0. The van der Waals surface area contributed by atoms with Crippen LogP contribution in [0, 0.1) is 88.1 Å². The Hall–Kier alpha value is -1.30. The number of nitrogens with zero attached hydrogens (tertiary/aromatic N) is 4. The fraction of sp³-hybridized carbons (Fsp3) is 0.360. The van der Waals surface area contributed by atoms with Crippen LogP contribution in [0.25, 0.3) is 5.57 Å². The third kappa shape index (κ3) is 17.1. The molecular weight excluding hydrogens is 1260 g/mol. The first-order chi connectivity index (χ1) is 21.0. The molecule has 2 aromatic heterocycles. The van der Waals surface area contributed by atoms with Crippen molar-refractivity contribution in [3.05, 3.63) is 83.9 Å². The van der Waals surface area contributed by atoms with Crippen molar-refractivity contribution < 1.29 is 163 Å². The maximum atomic E-state index is 12.0. The van der Waals surface area contributed by atoms with E-state index in [4.69, 9.17) is 18.3 Å². The second-order valence-corrected chi connectivity index (χ2v) is 7.95. The summed E-state index contributed by atoms with van der Waals surface area (Å²) in [5.41, 5.74) is -2.46. The number of hydrogen-bond donors (Lipinski definition) is 6. The molecule has 0 aromatic carbocycles. The Kier molecular flexibility index (Phi) is 35.7. The number of hydrogen-bond acceptors (Lipinski definition) is 12. The van der Waals surface area contributed by atoms with Gasteiger partial charge in [0, 0.05) is 145 Å². The van der Waals surface area contributed by atoms with Gasteiger partial charge < -0.3 is 26.3 Å². The zero-order valence-corrected chi connectivity index (χ0v) is 41.4. The van der Waals surface area contributed by atoms with Crippen LogP contribution in [-0.4, -0.2) is 115 Å². The number of carbonyl (C=O) groups excluding carboxylic acids is 4. The number of aliphatic hydroxyl groups is 3. The Bertz CT molecular complexity index is 1580. The zero-order valence-electron chi connectivity index (χ0n) is 26.4. The van der Waals surface area contributed by atoms with Crippen molar-refractivity contribution in [2.45, 2.75) is 26.9 Å². The van der Waals surface area contributed by atoms with Crippen molar-refractivity contribution in [2.75, 3.05) is 33.4 Å². The van der Waals surface area contributed by atoms with Crippen LogP contribution in [0.2, 0.25) is 0 Å². The number of imide groups is 2. The number of amides is 4. The summed E-state index contributed by atoms with van der Waals surface area (Å²) in [7, 11) is 1.00. The van der Waals surface area contributed by atoms with E-state index >= 15 is 0 Å². The third-order valence-corrected chi connectivity index (χ3v) is 5.42. The third-order valence-electron chi connectivity index (χ3n) is 5.42. The molecule has 0 atom stereocenters. The summed E-state index contributed by atoms with van der Waals surface area (Å²) < 4.78 is 9.49. The molecule has 0 spiro atoms. The fourth-order valence-corrected chi connectivity index (χ4v) is 3.45. The van der Waals surface area contributed by atoms with Crippen LogP contribution >= 0.6 is 0 Å². The molecule has 0 aliphatic carbocycles. The van der Waals surface area contributed by atoms with Crippen molar-refractivity contribution in [3.63, 3.8) is 0 Å². The summed E-state index contributed by atoms with van der Waals surface area (Å²) in [6.07, 6.45) is 6.16. The van der Waals surface area contributed by atoms with Crippen molar-refractivity contribution in [1.82, 2.24) is 28.9 Å². The van der Waals surface area contributed by atoms with Gasteiger partial charge in [0.2, 0.25) is 0 Å². The summed E-state index contributed by atoms with van der Waals surface area (Å²) in [5, 5.41) is 24.3. The van der Waals surface area contributed by atoms with E-state index in [1.807, 2.05) is 0 Å². The van der Waals surface area contributed by atoms with Gasteiger partial charge in [0.25, 0.3) is 34.7 Å². The quantitative estimate of drug-likeness (QED) is 0.112. The van der Waals surface area contributed by atoms with Crippen LogP contribution in [0.4, 0.5) is 0 Å². The minimum atomic E-state index is -0.741. The van der Waals surface area contributed by atoms with Gasteiger partial charge in [-0.15, -0.1) is 0 Å². The predicted molar refractivity (Wildman–Crippen MR) is 156 cm³/mol. The molecule has 4 rings (SSSR count). The van der Waals surface area contributed by atoms with Gasteiger partial charge in [-0.3, -0.25) is 57.7 Å². The fourth-order valence-electron chi connectivity index (χ4n) is 3.45. The second-order valence-electron chi connectivity index (χ2n) is 7.95. The van der Waals surface area contributed by atoms with Crippen LogP contribution in [0.15, 0.2) is 55.9 Å². The van der Waals surface area contributed by atoms with Crippen molar-refractivity contribution in [3.8, 4) is 0 Å². The number of nitrogens with one attached hydrogen (secondary N) is 2. The average molecular weight is 1300 g/mol. The molecule has 0 fully saturated rings. The van der Waals surface area contributed by atoms with E-state index in [1.54, 1.807) is 13.8 Å². The standard InChI is InChI=1S/C12H13N3O5.C6H8N2O3.C6H7NO2.CH4O.2Ac.Hg.3H2O/c1-2-15-9(17)5-7(11(15)19)8-6-14(3-4-16)12(20)13-10(8)18;9-4-3-8-2-1-5(10)7-6(8)11;1-2-7-5(8)3-4-6(7)9;1-2;;;;;;/h5-6,16H,2-4H2,1H3,(H,13,18,20);1-2,9H,3-4H2,(H,7,10,11);3-4H,2H2,1H3;2H,1H3;;;;3*1H2/q;;;;;;+1;;;/p-1. The molecule has 23 heteroatoms. The molecule has 0 saturated heterocycles. The number of aromatic nitrogens is 4. The van der Waals surface area contributed by atoms with Crippen LogP contribution in [0.1, 0.15) is 19.4 Å². The number of aliphatic hydroxyl groups excluding tert-OH is 3. The number of aromatic amines is 2. The zero-order chi connectivity index (χ0) is 34.0. The van der Waals surface area contributed by atoms with Crippen LogP contribution in [0.5, 0.6) is 0 Å². The molecule has 0 saturated carbocycles. The van der Waals surface area contributed by atoms with Gasteiger partial charge in [0.15, 0.2) is 0 Å². The number of rotatable bonds is 7. The molecule has 0 bridgehead atoms. The van der Waals surface area contributed by atoms with E-state index in [0.29, 0.717) is 6.54 Å². The summed E-state index contributed by atoms with van der Waals surface area (Å²) >= 11 is 0.0278. The molecular formula is C25H37Ac2HgN6O14. The molecule has 4 amide bonds. The van der Waals surface area contributed by atoms with Crippen LogP contribution in [0.3, 0.4) is 0 Å². The van der Waals surface area contributed by atoms with Crippen molar-refractivity contribution in [2.24, 2.45) is 0 Å². The summed E-state index contributed by atoms with van der Waals surface area (Å²) in [4.78, 5) is 95.8. The van der Waals surface area contributed by atoms with E-state index < -0.39 is 34.3 Å². The molecule has 4 heterocycles. The molecule has 0 unspecified atom stereocenters. The van der Waals surface area contributed by atoms with E-state index in [9.17, 15) is 38.4 Å². The van der Waals surface area contributed by atoms with Crippen molar-refractivity contribution >= 4 is 29.2 Å². The molecule has 20 nitrogen and oxygen atoms in total. The summed E-state index contributed by atoms with van der Waals surface area (Å²) in [6, 6.07) is 1.23. The Morgan fingerprint density at radius 1 is 0.708 bits per heavy atom. The number of likely N-dealkylation sites (N-methyl/N-ethyl adjacent to an activating group) is 2. The first-order valence-electron chi connectivity index (χ1n) is 12.7. The summed E-state index contributed by atoms with van der Waals surface area (Å²) in [5.74, 6) is -1.48. The molecule has 10 N–H and O–H groups in total. The molecule has 2 aliphatic rings. The van der Waals surface area contributed by atoms with Crippen LogP contribution in [-0.2, 0) is 58.8 Å². The van der Waals surface area contributed by atoms with Gasteiger partial charge in [-0.25, -0.2) is 9.59 Å². The van der Waals surface area contributed by atoms with Gasteiger partial charge in [0.05, 0.1) is 37.4 Å². The minimum absolute atomic E-state index is 0. The Labute approximate surface area is 360 Å². The van der Waals surface area contributed by atoms with Gasteiger partial charge in [-0.1, -0.05) is 0 Å². The Balaban J connectivity index is -0.000000189. The van der Waals surface area contributed by atoms with Gasteiger partial charge in [-0.05, 0) is 13.8 Å². The molecule has 2 aliphatic heterocycles. The van der Waals surface area contributed by atoms with E-state index in [2.05, 4.69) is 9.97 Å². The predicted octanol–water partition coefficient (Wildman–Crippen LogP) is -5.84. The monoisotopic (exact) mass is 1300 g/mol. The molecule has 2 radical (unpaired) electrons.